The summed E-state index contributed by atoms with van der Waals surface area (Å²) in [5.74, 6) is -0.911. The van der Waals surface area contributed by atoms with E-state index in [4.69, 9.17) is 5.11 Å². The Bertz CT molecular complexity index is 461. The molecule has 0 atom stereocenters. The van der Waals surface area contributed by atoms with Gasteiger partial charge in [0, 0.05) is 24.9 Å². The number of aryl methyl sites for hydroxylation is 1. The van der Waals surface area contributed by atoms with E-state index in [1.165, 1.54) is 18.9 Å². The van der Waals surface area contributed by atoms with E-state index in [2.05, 4.69) is 24.1 Å². The van der Waals surface area contributed by atoms with Gasteiger partial charge in [-0.15, -0.1) is 0 Å². The second-order valence-corrected chi connectivity index (χ2v) is 4.58. The fourth-order valence-electron chi connectivity index (χ4n) is 1.95. The van der Waals surface area contributed by atoms with Crippen molar-refractivity contribution in [3.8, 4) is 0 Å². The van der Waals surface area contributed by atoms with Crippen molar-refractivity contribution in [1.82, 2.24) is 0 Å². The number of benzene rings is 1. The monoisotopic (exact) mass is 231 g/mol. The molecule has 0 heterocycles. The van der Waals surface area contributed by atoms with Crippen LogP contribution in [0.1, 0.15) is 24.0 Å². The SMILES string of the molecule is Cc1ccc(N(C)C2CC2)c(/C=C/C(=O)O)c1. The van der Waals surface area contributed by atoms with Gasteiger partial charge >= 0.3 is 5.97 Å². The molecule has 1 aliphatic rings. The molecule has 0 aromatic heterocycles. The van der Waals surface area contributed by atoms with Gasteiger partial charge in [-0.2, -0.15) is 0 Å². The normalized spacial score (nSPS) is 15.2. The molecule has 0 spiro atoms. The van der Waals surface area contributed by atoms with Crippen LogP contribution in [0.15, 0.2) is 24.3 Å². The molecule has 1 N–H and O–H groups in total. The quantitative estimate of drug-likeness (QED) is 0.810. The Morgan fingerprint density at radius 2 is 2.18 bits per heavy atom. The van der Waals surface area contributed by atoms with Gasteiger partial charge in [-0.1, -0.05) is 11.6 Å². The summed E-state index contributed by atoms with van der Waals surface area (Å²) in [4.78, 5) is 12.8. The van der Waals surface area contributed by atoms with Crippen LogP contribution in [0.4, 0.5) is 5.69 Å². The number of rotatable bonds is 4. The first-order valence-electron chi connectivity index (χ1n) is 5.82. The lowest BCUT2D eigenvalue weighted by molar-refractivity contribution is -0.131. The van der Waals surface area contributed by atoms with Gasteiger partial charge in [0.15, 0.2) is 0 Å². The van der Waals surface area contributed by atoms with Crippen LogP contribution in [0.2, 0.25) is 0 Å². The maximum Gasteiger partial charge on any atom is 0.328 e. The Morgan fingerprint density at radius 1 is 1.47 bits per heavy atom. The summed E-state index contributed by atoms with van der Waals surface area (Å²) in [6.07, 6.45) is 5.32. The highest BCUT2D eigenvalue weighted by molar-refractivity contribution is 5.87. The number of hydrogen-bond donors (Lipinski definition) is 1. The molecule has 1 aromatic carbocycles. The molecule has 3 nitrogen and oxygen atoms in total. The Hall–Kier alpha value is -1.77. The number of carbonyl (C=O) groups is 1. The first-order valence-corrected chi connectivity index (χ1v) is 5.82. The molecule has 1 fully saturated rings. The molecule has 1 saturated carbocycles. The minimum atomic E-state index is -0.911. The second-order valence-electron chi connectivity index (χ2n) is 4.58. The van der Waals surface area contributed by atoms with E-state index in [-0.39, 0.29) is 0 Å². The molecule has 0 bridgehead atoms. The van der Waals surface area contributed by atoms with Gasteiger partial charge in [0.05, 0.1) is 0 Å². The van der Waals surface area contributed by atoms with Crippen LogP contribution in [0.25, 0.3) is 6.08 Å². The largest absolute Gasteiger partial charge is 0.478 e. The molecule has 0 aliphatic heterocycles. The minimum absolute atomic E-state index is 0.620. The highest BCUT2D eigenvalue weighted by Crippen LogP contribution is 2.33. The van der Waals surface area contributed by atoms with E-state index >= 15 is 0 Å². The minimum Gasteiger partial charge on any atom is -0.478 e. The van der Waals surface area contributed by atoms with Crippen LogP contribution in [-0.2, 0) is 4.79 Å². The third kappa shape index (κ3) is 2.87. The molecule has 90 valence electrons. The molecule has 0 radical (unpaired) electrons. The zero-order valence-electron chi connectivity index (χ0n) is 10.2. The summed E-state index contributed by atoms with van der Waals surface area (Å²) in [5.41, 5.74) is 3.22. The Morgan fingerprint density at radius 3 is 2.76 bits per heavy atom. The van der Waals surface area contributed by atoms with E-state index in [9.17, 15) is 4.79 Å². The van der Waals surface area contributed by atoms with E-state index in [0.29, 0.717) is 6.04 Å². The first-order chi connectivity index (χ1) is 8.08. The lowest BCUT2D eigenvalue weighted by Gasteiger charge is -2.21. The number of hydrogen-bond acceptors (Lipinski definition) is 2. The van der Waals surface area contributed by atoms with Gasteiger partial charge in [-0.25, -0.2) is 4.79 Å². The molecule has 1 aromatic rings. The number of anilines is 1. The van der Waals surface area contributed by atoms with Crippen molar-refractivity contribution in [3.63, 3.8) is 0 Å². The van der Waals surface area contributed by atoms with Gasteiger partial charge in [0.25, 0.3) is 0 Å². The molecule has 1 aliphatic carbocycles. The molecule has 0 amide bonds. The van der Waals surface area contributed by atoms with E-state index in [1.54, 1.807) is 6.08 Å². The summed E-state index contributed by atoms with van der Waals surface area (Å²) in [5, 5.41) is 8.69. The highest BCUT2D eigenvalue weighted by Gasteiger charge is 2.27. The number of nitrogens with zero attached hydrogens (tertiary/aromatic N) is 1. The van der Waals surface area contributed by atoms with Gasteiger partial charge < -0.3 is 10.0 Å². The van der Waals surface area contributed by atoms with Crippen molar-refractivity contribution in [3.05, 3.63) is 35.4 Å². The fourth-order valence-corrected chi connectivity index (χ4v) is 1.95. The van der Waals surface area contributed by atoms with Crippen molar-refractivity contribution in [2.24, 2.45) is 0 Å². The molecule has 3 heteroatoms. The lowest BCUT2D eigenvalue weighted by Crippen LogP contribution is -2.20. The average Bonchev–Trinajstić information content (AvgIpc) is 3.09. The number of carboxylic acid groups (broad SMARTS) is 1. The number of carboxylic acids is 1. The van der Waals surface area contributed by atoms with E-state index in [0.717, 1.165) is 16.8 Å². The lowest BCUT2D eigenvalue weighted by atomic mass is 10.1. The summed E-state index contributed by atoms with van der Waals surface area (Å²) in [6.45, 7) is 2.01. The van der Waals surface area contributed by atoms with Crippen molar-refractivity contribution in [1.29, 1.82) is 0 Å². The van der Waals surface area contributed by atoms with Gasteiger partial charge in [0.1, 0.15) is 0 Å². The van der Waals surface area contributed by atoms with Crippen LogP contribution in [0, 0.1) is 6.92 Å². The average molecular weight is 231 g/mol. The molecular formula is C14H17NO2. The molecular weight excluding hydrogens is 214 g/mol. The van der Waals surface area contributed by atoms with Crippen LogP contribution in [-0.4, -0.2) is 24.2 Å². The van der Waals surface area contributed by atoms with Crippen molar-refractivity contribution < 1.29 is 9.90 Å². The summed E-state index contributed by atoms with van der Waals surface area (Å²) >= 11 is 0. The molecule has 0 unspecified atom stereocenters. The van der Waals surface area contributed by atoms with Gasteiger partial charge in [-0.3, -0.25) is 0 Å². The summed E-state index contributed by atoms with van der Waals surface area (Å²) < 4.78 is 0. The fraction of sp³-hybridized carbons (Fsp3) is 0.357. The van der Waals surface area contributed by atoms with Gasteiger partial charge in [0.2, 0.25) is 0 Å². The third-order valence-electron chi connectivity index (χ3n) is 3.06. The van der Waals surface area contributed by atoms with Gasteiger partial charge in [-0.05, 0) is 43.5 Å². The van der Waals surface area contributed by atoms with E-state index < -0.39 is 5.97 Å². The predicted molar refractivity (Wildman–Crippen MR) is 69.3 cm³/mol. The van der Waals surface area contributed by atoms with Crippen LogP contribution < -0.4 is 4.90 Å². The maximum atomic E-state index is 10.6. The Labute approximate surface area is 101 Å². The zero-order valence-corrected chi connectivity index (χ0v) is 10.2. The maximum absolute atomic E-state index is 10.6. The van der Waals surface area contributed by atoms with Crippen molar-refractivity contribution >= 4 is 17.7 Å². The Balaban J connectivity index is 2.32. The second kappa shape index (κ2) is 4.62. The Kier molecular flexibility index (Phi) is 3.18. The van der Waals surface area contributed by atoms with Crippen LogP contribution >= 0.6 is 0 Å². The topological polar surface area (TPSA) is 40.5 Å². The molecule has 0 saturated heterocycles. The van der Waals surface area contributed by atoms with Crippen LogP contribution in [0.5, 0.6) is 0 Å². The molecule has 17 heavy (non-hydrogen) atoms. The van der Waals surface area contributed by atoms with Crippen molar-refractivity contribution in [2.75, 3.05) is 11.9 Å². The summed E-state index contributed by atoms with van der Waals surface area (Å²) in [7, 11) is 2.07. The smallest absolute Gasteiger partial charge is 0.328 e. The van der Waals surface area contributed by atoms with Crippen LogP contribution in [0.3, 0.4) is 0 Å². The first kappa shape index (κ1) is 11.7. The zero-order chi connectivity index (χ0) is 12.4. The standard InChI is InChI=1S/C14H17NO2/c1-10-3-7-13(15(2)12-5-6-12)11(9-10)4-8-14(16)17/h3-4,7-9,12H,5-6H2,1-2H3,(H,16,17)/b8-4+. The third-order valence-corrected chi connectivity index (χ3v) is 3.06. The van der Waals surface area contributed by atoms with Crippen molar-refractivity contribution in [2.45, 2.75) is 25.8 Å². The van der Waals surface area contributed by atoms with E-state index in [1.807, 2.05) is 13.0 Å². The predicted octanol–water partition coefficient (Wildman–Crippen LogP) is 2.69. The number of aliphatic carboxylic acids is 1. The molecule has 2 rings (SSSR count). The summed E-state index contributed by atoms with van der Waals surface area (Å²) in [6, 6.07) is 6.77. The highest BCUT2D eigenvalue weighted by atomic mass is 16.4.